The summed E-state index contributed by atoms with van der Waals surface area (Å²) >= 11 is 0. The third-order valence-corrected chi connectivity index (χ3v) is 9.70. The Morgan fingerprint density at radius 1 is 0.975 bits per heavy atom. The van der Waals surface area contributed by atoms with Crippen LogP contribution in [0.3, 0.4) is 0 Å². The van der Waals surface area contributed by atoms with E-state index in [0.29, 0.717) is 11.8 Å². The first-order valence-corrected chi connectivity index (χ1v) is 15.2. The van der Waals surface area contributed by atoms with E-state index < -0.39 is 0 Å². The maximum atomic E-state index is 2.81. The molecule has 1 aliphatic carbocycles. The molecule has 0 N–H and O–H groups in total. The van der Waals surface area contributed by atoms with Crippen molar-refractivity contribution in [3.8, 4) is 0 Å². The zero-order valence-electron chi connectivity index (χ0n) is 24.7. The monoisotopic (exact) mass is 526 g/mol. The van der Waals surface area contributed by atoms with E-state index in [-0.39, 0.29) is 17.0 Å². The Labute approximate surface area is 240 Å². The summed E-state index contributed by atoms with van der Waals surface area (Å²) in [4.78, 5) is 5.45. The number of fused-ring (bicyclic) bond motifs is 9. The van der Waals surface area contributed by atoms with Gasteiger partial charge in [0.15, 0.2) is 0 Å². The summed E-state index contributed by atoms with van der Waals surface area (Å²) in [5.41, 5.74) is 11.6. The fourth-order valence-electron chi connectivity index (χ4n) is 7.88. The van der Waals surface area contributed by atoms with Gasteiger partial charge in [0.05, 0.1) is 11.6 Å². The summed E-state index contributed by atoms with van der Waals surface area (Å²) in [6.45, 7) is 13.7. The van der Waals surface area contributed by atoms with Crippen LogP contribution in [0.2, 0.25) is 0 Å². The highest BCUT2D eigenvalue weighted by Crippen LogP contribution is 2.59. The summed E-state index contributed by atoms with van der Waals surface area (Å²) in [7, 11) is 0. The molecule has 5 aliphatic rings. The summed E-state index contributed by atoms with van der Waals surface area (Å²) in [6, 6.07) is 20.5. The van der Waals surface area contributed by atoms with Crippen molar-refractivity contribution < 1.29 is 0 Å². The SMILES string of the molecule is CC(C)CC1=CC=C2c3ccccc3[C@@]3(CN4C=CC(C(C)(C)C)=CC4C4=CC(c5ccccc5)=CCC43)N2C1. The third-order valence-electron chi connectivity index (χ3n) is 9.70. The summed E-state index contributed by atoms with van der Waals surface area (Å²) in [6.07, 6.45) is 19.5. The van der Waals surface area contributed by atoms with Crippen molar-refractivity contribution in [1.29, 1.82) is 0 Å². The molecule has 2 unspecified atom stereocenters. The van der Waals surface area contributed by atoms with Gasteiger partial charge in [-0.3, -0.25) is 0 Å². The molecule has 1 saturated heterocycles. The van der Waals surface area contributed by atoms with Gasteiger partial charge in [-0.05, 0) is 64.2 Å². The van der Waals surface area contributed by atoms with Crippen LogP contribution in [0.15, 0.2) is 114 Å². The molecular formula is C38H42N2. The van der Waals surface area contributed by atoms with Crippen molar-refractivity contribution in [2.75, 3.05) is 13.1 Å². The first-order chi connectivity index (χ1) is 19.3. The predicted molar refractivity (Wildman–Crippen MR) is 168 cm³/mol. The highest BCUT2D eigenvalue weighted by molar-refractivity contribution is 5.80. The number of piperidine rings is 1. The molecule has 2 nitrogen and oxygen atoms in total. The van der Waals surface area contributed by atoms with E-state index >= 15 is 0 Å². The minimum atomic E-state index is -0.0998. The van der Waals surface area contributed by atoms with Crippen molar-refractivity contribution in [2.24, 2.45) is 17.3 Å². The highest BCUT2D eigenvalue weighted by Gasteiger charge is 2.58. The normalized spacial score (nSPS) is 26.8. The van der Waals surface area contributed by atoms with E-state index in [2.05, 4.69) is 142 Å². The van der Waals surface area contributed by atoms with Gasteiger partial charge in [0.2, 0.25) is 0 Å². The van der Waals surface area contributed by atoms with Crippen LogP contribution in [0.4, 0.5) is 0 Å². The van der Waals surface area contributed by atoms with Crippen molar-refractivity contribution in [2.45, 2.75) is 59.0 Å². The minimum Gasteiger partial charge on any atom is -0.365 e. The van der Waals surface area contributed by atoms with Crippen LogP contribution in [-0.4, -0.2) is 28.9 Å². The van der Waals surface area contributed by atoms with Crippen LogP contribution in [0.25, 0.3) is 11.3 Å². The summed E-state index contributed by atoms with van der Waals surface area (Å²) in [5.74, 6) is 1.07. The lowest BCUT2D eigenvalue weighted by molar-refractivity contribution is 0.0419. The number of benzene rings is 2. The van der Waals surface area contributed by atoms with Gasteiger partial charge in [0, 0.05) is 36.5 Å². The van der Waals surface area contributed by atoms with Gasteiger partial charge in [0.25, 0.3) is 0 Å². The molecule has 3 atom stereocenters. The maximum Gasteiger partial charge on any atom is 0.0907 e. The van der Waals surface area contributed by atoms with Crippen LogP contribution in [0.5, 0.6) is 0 Å². The Morgan fingerprint density at radius 2 is 1.75 bits per heavy atom. The van der Waals surface area contributed by atoms with Crippen molar-refractivity contribution >= 4 is 11.3 Å². The Kier molecular flexibility index (Phi) is 5.89. The third kappa shape index (κ3) is 3.91. The number of rotatable bonds is 3. The summed E-state index contributed by atoms with van der Waals surface area (Å²) in [5, 5.41) is 0. The average Bonchev–Trinajstić information content (AvgIpc) is 3.22. The molecule has 2 aromatic rings. The van der Waals surface area contributed by atoms with E-state index in [1.165, 1.54) is 33.5 Å². The molecule has 4 aliphatic heterocycles. The molecule has 7 rings (SSSR count). The Hall–Kier alpha value is -3.52. The average molecular weight is 527 g/mol. The van der Waals surface area contributed by atoms with E-state index in [4.69, 9.17) is 0 Å². The van der Waals surface area contributed by atoms with E-state index in [0.717, 1.165) is 25.9 Å². The number of nitrogens with zero attached hydrogens (tertiary/aromatic N) is 2. The first-order valence-electron chi connectivity index (χ1n) is 15.2. The van der Waals surface area contributed by atoms with Gasteiger partial charge < -0.3 is 9.80 Å². The first kappa shape index (κ1) is 25.4. The Bertz CT molecular complexity index is 1520. The van der Waals surface area contributed by atoms with E-state index in [1.807, 2.05) is 0 Å². The molecule has 4 heterocycles. The molecule has 0 bridgehead atoms. The van der Waals surface area contributed by atoms with Crippen LogP contribution in [0, 0.1) is 17.3 Å². The van der Waals surface area contributed by atoms with E-state index in [9.17, 15) is 0 Å². The summed E-state index contributed by atoms with van der Waals surface area (Å²) < 4.78 is 0. The number of allylic oxidation sites excluding steroid dienone is 7. The van der Waals surface area contributed by atoms with Crippen molar-refractivity contribution in [3.63, 3.8) is 0 Å². The Morgan fingerprint density at radius 3 is 2.52 bits per heavy atom. The van der Waals surface area contributed by atoms with Gasteiger partial charge in [0.1, 0.15) is 0 Å². The number of hydrogen-bond donors (Lipinski definition) is 0. The topological polar surface area (TPSA) is 6.48 Å². The van der Waals surface area contributed by atoms with Crippen LogP contribution in [-0.2, 0) is 5.54 Å². The fourth-order valence-corrected chi connectivity index (χ4v) is 7.88. The van der Waals surface area contributed by atoms with Gasteiger partial charge in [-0.1, -0.05) is 119 Å². The quantitative estimate of drug-likeness (QED) is 0.394. The molecule has 204 valence electrons. The lowest BCUT2D eigenvalue weighted by atomic mass is 9.64. The smallest absolute Gasteiger partial charge is 0.0907 e. The molecule has 0 amide bonds. The molecule has 2 aromatic carbocycles. The zero-order chi connectivity index (χ0) is 27.6. The standard InChI is InChI=1S/C38H42N2/c1-26(2)21-27-15-18-35-31-13-9-10-14-33(31)38(40(35)24-27)25-39-20-19-30(37(3,4)5)23-36(39)32-22-29(16-17-34(32)38)28-11-7-6-8-12-28/h6-16,18-20,22-23,26,34,36H,17,21,24-25H2,1-5H3/t34?,36?,38-/m1/s1. The fraction of sp³-hybridized carbons (Fsp3) is 0.368. The second-order valence-electron chi connectivity index (χ2n) is 13.8. The van der Waals surface area contributed by atoms with Crippen molar-refractivity contribution in [3.05, 3.63) is 131 Å². The van der Waals surface area contributed by atoms with Crippen LogP contribution < -0.4 is 0 Å². The highest BCUT2D eigenvalue weighted by atomic mass is 15.3. The molecule has 1 spiro atoms. The zero-order valence-corrected chi connectivity index (χ0v) is 24.7. The maximum absolute atomic E-state index is 2.81. The Balaban J connectivity index is 1.40. The van der Waals surface area contributed by atoms with Gasteiger partial charge in [-0.2, -0.15) is 0 Å². The van der Waals surface area contributed by atoms with Gasteiger partial charge >= 0.3 is 0 Å². The lowest BCUT2D eigenvalue weighted by Gasteiger charge is -2.57. The molecule has 0 radical (unpaired) electrons. The van der Waals surface area contributed by atoms with Crippen LogP contribution in [0.1, 0.15) is 64.2 Å². The minimum absolute atomic E-state index is 0.0998. The molecule has 0 saturated carbocycles. The molecule has 2 heteroatoms. The number of hydrogen-bond acceptors (Lipinski definition) is 2. The van der Waals surface area contributed by atoms with Gasteiger partial charge in [-0.25, -0.2) is 0 Å². The molecule has 0 aromatic heterocycles. The molecular weight excluding hydrogens is 484 g/mol. The largest absolute Gasteiger partial charge is 0.365 e. The van der Waals surface area contributed by atoms with Crippen molar-refractivity contribution in [1.82, 2.24) is 9.80 Å². The molecule has 40 heavy (non-hydrogen) atoms. The predicted octanol–water partition coefficient (Wildman–Crippen LogP) is 8.74. The van der Waals surface area contributed by atoms with Gasteiger partial charge in [-0.15, -0.1) is 0 Å². The second-order valence-corrected chi connectivity index (χ2v) is 13.8. The lowest BCUT2D eigenvalue weighted by Crippen LogP contribution is -2.61. The molecule has 1 fully saturated rings. The van der Waals surface area contributed by atoms with Crippen LogP contribution >= 0.6 is 0 Å². The van der Waals surface area contributed by atoms with E-state index in [1.54, 1.807) is 11.1 Å². The second kappa shape index (κ2) is 9.26.